The summed E-state index contributed by atoms with van der Waals surface area (Å²) in [6.45, 7) is 5.54. The highest BCUT2D eigenvalue weighted by Crippen LogP contribution is 2.21. The van der Waals surface area contributed by atoms with Crippen LogP contribution in [0.1, 0.15) is 32.7 Å². The van der Waals surface area contributed by atoms with E-state index in [-0.39, 0.29) is 18.0 Å². The molecule has 5 nitrogen and oxygen atoms in total. The first-order valence-electron chi connectivity index (χ1n) is 6.63. The van der Waals surface area contributed by atoms with E-state index in [0.717, 1.165) is 25.9 Å². The molecule has 0 aromatic carbocycles. The number of nitrogens with two attached hydrogens (primary N) is 1. The Morgan fingerprint density at radius 1 is 1.50 bits per heavy atom. The van der Waals surface area contributed by atoms with Gasteiger partial charge in [0.25, 0.3) is 0 Å². The maximum atomic E-state index is 12.4. The Kier molecular flexibility index (Phi) is 4.01. The van der Waals surface area contributed by atoms with Crippen molar-refractivity contribution in [3.8, 4) is 0 Å². The molecule has 1 fully saturated rings. The van der Waals surface area contributed by atoms with E-state index in [0.29, 0.717) is 5.92 Å². The summed E-state index contributed by atoms with van der Waals surface area (Å²) < 4.78 is 1.71. The molecule has 5 heteroatoms. The maximum absolute atomic E-state index is 12.4. The number of aromatic nitrogens is 2. The number of likely N-dealkylation sites (tertiary alicyclic amines) is 1. The molecule has 1 aromatic rings. The van der Waals surface area contributed by atoms with Crippen molar-refractivity contribution in [2.45, 2.75) is 38.8 Å². The molecule has 0 radical (unpaired) electrons. The average Bonchev–Trinajstić information content (AvgIpc) is 2.91. The first kappa shape index (κ1) is 13.1. The highest BCUT2D eigenvalue weighted by Gasteiger charge is 2.29. The second-order valence-electron chi connectivity index (χ2n) is 5.21. The van der Waals surface area contributed by atoms with E-state index in [1.54, 1.807) is 10.9 Å². The quantitative estimate of drug-likeness (QED) is 0.871. The molecule has 2 N–H and O–H groups in total. The zero-order chi connectivity index (χ0) is 13.1. The summed E-state index contributed by atoms with van der Waals surface area (Å²) in [4.78, 5) is 14.3. The molecule has 0 aliphatic carbocycles. The third-order valence-corrected chi connectivity index (χ3v) is 3.79. The van der Waals surface area contributed by atoms with Gasteiger partial charge in [0.15, 0.2) is 0 Å². The molecule has 0 spiro atoms. The number of rotatable bonds is 3. The molecule has 3 unspecified atom stereocenters. The van der Waals surface area contributed by atoms with Crippen LogP contribution in [0.15, 0.2) is 18.5 Å². The number of nitrogens with zero attached hydrogens (tertiary/aromatic N) is 3. The van der Waals surface area contributed by atoms with Crippen molar-refractivity contribution in [3.05, 3.63) is 18.5 Å². The molecule has 2 rings (SSSR count). The molecule has 1 aliphatic heterocycles. The fourth-order valence-electron chi connectivity index (χ4n) is 2.53. The highest BCUT2D eigenvalue weighted by atomic mass is 16.2. The third-order valence-electron chi connectivity index (χ3n) is 3.79. The van der Waals surface area contributed by atoms with E-state index in [1.807, 2.05) is 31.0 Å². The second-order valence-corrected chi connectivity index (χ2v) is 5.21. The SMILES string of the molecule is CC(N)C1CCCN(C(=O)C(C)n2cccn2)C1. The van der Waals surface area contributed by atoms with Crippen LogP contribution in [-0.2, 0) is 4.79 Å². The van der Waals surface area contributed by atoms with Gasteiger partial charge < -0.3 is 10.6 Å². The summed E-state index contributed by atoms with van der Waals surface area (Å²) in [5, 5.41) is 4.13. The van der Waals surface area contributed by atoms with E-state index in [1.165, 1.54) is 0 Å². The first-order chi connectivity index (χ1) is 8.59. The lowest BCUT2D eigenvalue weighted by atomic mass is 9.92. The summed E-state index contributed by atoms with van der Waals surface area (Å²) in [6, 6.07) is 1.76. The van der Waals surface area contributed by atoms with Gasteiger partial charge in [0, 0.05) is 31.5 Å². The number of amides is 1. The van der Waals surface area contributed by atoms with E-state index >= 15 is 0 Å². The lowest BCUT2D eigenvalue weighted by Gasteiger charge is -2.36. The van der Waals surface area contributed by atoms with Crippen LogP contribution in [0.5, 0.6) is 0 Å². The molecule has 2 heterocycles. The van der Waals surface area contributed by atoms with Gasteiger partial charge in [-0.25, -0.2) is 0 Å². The minimum absolute atomic E-state index is 0.143. The molecule has 18 heavy (non-hydrogen) atoms. The molecular formula is C13H22N4O. The lowest BCUT2D eigenvalue weighted by Crippen LogP contribution is -2.47. The van der Waals surface area contributed by atoms with Gasteiger partial charge in [0.1, 0.15) is 6.04 Å². The van der Waals surface area contributed by atoms with Crippen LogP contribution in [0.3, 0.4) is 0 Å². The van der Waals surface area contributed by atoms with Crippen molar-refractivity contribution >= 4 is 5.91 Å². The summed E-state index contributed by atoms with van der Waals surface area (Å²) >= 11 is 0. The fourth-order valence-corrected chi connectivity index (χ4v) is 2.53. The van der Waals surface area contributed by atoms with E-state index in [4.69, 9.17) is 5.73 Å². The van der Waals surface area contributed by atoms with E-state index in [9.17, 15) is 4.79 Å². The van der Waals surface area contributed by atoms with Crippen LogP contribution < -0.4 is 5.73 Å². The van der Waals surface area contributed by atoms with Crippen molar-refractivity contribution in [3.63, 3.8) is 0 Å². The highest BCUT2D eigenvalue weighted by molar-refractivity contribution is 5.80. The number of piperidine rings is 1. The molecule has 0 bridgehead atoms. The van der Waals surface area contributed by atoms with Gasteiger partial charge in [-0.3, -0.25) is 9.48 Å². The van der Waals surface area contributed by atoms with Crippen molar-refractivity contribution < 1.29 is 4.79 Å². The maximum Gasteiger partial charge on any atom is 0.247 e. The largest absolute Gasteiger partial charge is 0.341 e. The van der Waals surface area contributed by atoms with Crippen LogP contribution in [-0.4, -0.2) is 39.7 Å². The summed E-state index contributed by atoms with van der Waals surface area (Å²) in [7, 11) is 0. The third kappa shape index (κ3) is 2.72. The smallest absolute Gasteiger partial charge is 0.247 e. The minimum atomic E-state index is -0.230. The van der Waals surface area contributed by atoms with Gasteiger partial charge in [-0.05, 0) is 38.7 Å². The van der Waals surface area contributed by atoms with Crippen molar-refractivity contribution in [1.82, 2.24) is 14.7 Å². The van der Waals surface area contributed by atoms with Crippen molar-refractivity contribution in [2.24, 2.45) is 11.7 Å². The first-order valence-corrected chi connectivity index (χ1v) is 6.63. The molecule has 1 aliphatic rings. The van der Waals surface area contributed by atoms with E-state index < -0.39 is 0 Å². The van der Waals surface area contributed by atoms with Crippen LogP contribution in [0.25, 0.3) is 0 Å². The van der Waals surface area contributed by atoms with Gasteiger partial charge in [-0.2, -0.15) is 5.10 Å². The molecule has 100 valence electrons. The normalized spacial score (nSPS) is 23.7. The Balaban J connectivity index is 2.00. The molecule has 0 saturated carbocycles. The fraction of sp³-hybridized carbons (Fsp3) is 0.692. The van der Waals surface area contributed by atoms with Gasteiger partial charge in [0.2, 0.25) is 5.91 Å². The average molecular weight is 250 g/mol. The monoisotopic (exact) mass is 250 g/mol. The number of hydrogen-bond donors (Lipinski definition) is 1. The minimum Gasteiger partial charge on any atom is -0.341 e. The van der Waals surface area contributed by atoms with E-state index in [2.05, 4.69) is 5.10 Å². The molecule has 1 amide bonds. The number of carbonyl (C=O) groups excluding carboxylic acids is 1. The Morgan fingerprint density at radius 2 is 2.28 bits per heavy atom. The zero-order valence-corrected chi connectivity index (χ0v) is 11.1. The van der Waals surface area contributed by atoms with Gasteiger partial charge in [0.05, 0.1) is 0 Å². The number of hydrogen-bond acceptors (Lipinski definition) is 3. The Hall–Kier alpha value is -1.36. The van der Waals surface area contributed by atoms with Gasteiger partial charge in [-0.15, -0.1) is 0 Å². The second kappa shape index (κ2) is 5.52. The van der Waals surface area contributed by atoms with Crippen LogP contribution in [0.4, 0.5) is 0 Å². The molecule has 3 atom stereocenters. The zero-order valence-electron chi connectivity index (χ0n) is 11.1. The Bertz CT molecular complexity index is 388. The lowest BCUT2D eigenvalue weighted by molar-refractivity contribution is -0.136. The van der Waals surface area contributed by atoms with Crippen molar-refractivity contribution in [2.75, 3.05) is 13.1 Å². The molecule has 1 aromatic heterocycles. The predicted octanol–water partition coefficient (Wildman–Crippen LogP) is 1.03. The predicted molar refractivity (Wildman–Crippen MR) is 69.9 cm³/mol. The Morgan fingerprint density at radius 3 is 2.89 bits per heavy atom. The summed E-state index contributed by atoms with van der Waals surface area (Å²) in [5.41, 5.74) is 5.94. The van der Waals surface area contributed by atoms with Crippen LogP contribution >= 0.6 is 0 Å². The summed E-state index contributed by atoms with van der Waals surface area (Å²) in [6.07, 6.45) is 5.70. The summed E-state index contributed by atoms with van der Waals surface area (Å²) in [5.74, 6) is 0.566. The molecular weight excluding hydrogens is 228 g/mol. The standard InChI is InChI=1S/C13H22N4O/c1-10(14)12-5-3-7-16(9-12)13(18)11(2)17-8-4-6-15-17/h4,6,8,10-12H,3,5,7,9,14H2,1-2H3. The molecule has 1 saturated heterocycles. The van der Waals surface area contributed by atoms with Crippen molar-refractivity contribution in [1.29, 1.82) is 0 Å². The Labute approximate surface area is 108 Å². The van der Waals surface area contributed by atoms with Gasteiger partial charge >= 0.3 is 0 Å². The van der Waals surface area contributed by atoms with Crippen LogP contribution in [0, 0.1) is 5.92 Å². The van der Waals surface area contributed by atoms with Gasteiger partial charge in [-0.1, -0.05) is 0 Å². The topological polar surface area (TPSA) is 64.2 Å². The van der Waals surface area contributed by atoms with Crippen LogP contribution in [0.2, 0.25) is 0 Å². The number of carbonyl (C=O) groups is 1.